The molecule has 0 rings (SSSR count). The van der Waals surface area contributed by atoms with Crippen molar-refractivity contribution in [1.29, 1.82) is 0 Å². The van der Waals surface area contributed by atoms with E-state index in [0.717, 1.165) is 12.8 Å². The summed E-state index contributed by atoms with van der Waals surface area (Å²) in [5.74, 6) is 1.07. The molecule has 4 nitrogen and oxygen atoms in total. The van der Waals surface area contributed by atoms with Crippen molar-refractivity contribution in [3.63, 3.8) is 0 Å². The van der Waals surface area contributed by atoms with E-state index >= 15 is 0 Å². The van der Waals surface area contributed by atoms with Crippen LogP contribution < -0.4 is 11.1 Å². The Bertz CT molecular complexity index is 322. The summed E-state index contributed by atoms with van der Waals surface area (Å²) >= 11 is 0. The number of nitrogens with zero attached hydrogens (tertiary/aromatic N) is 2. The van der Waals surface area contributed by atoms with Crippen molar-refractivity contribution in [1.82, 2.24) is 10.2 Å². The van der Waals surface area contributed by atoms with Crippen molar-refractivity contribution in [2.75, 3.05) is 26.7 Å². The molecule has 0 aliphatic heterocycles. The van der Waals surface area contributed by atoms with Crippen LogP contribution in [0.5, 0.6) is 0 Å². The summed E-state index contributed by atoms with van der Waals surface area (Å²) in [5, 5.41) is 3.11. The van der Waals surface area contributed by atoms with Crippen LogP contribution in [0.4, 0.5) is 13.2 Å². The molecule has 8 heteroatoms. The zero-order valence-corrected chi connectivity index (χ0v) is 16.9. The van der Waals surface area contributed by atoms with Gasteiger partial charge in [0.1, 0.15) is 0 Å². The van der Waals surface area contributed by atoms with Gasteiger partial charge in [0.05, 0.1) is 6.54 Å². The third-order valence-electron chi connectivity index (χ3n) is 3.24. The highest BCUT2D eigenvalue weighted by Gasteiger charge is 2.28. The van der Waals surface area contributed by atoms with E-state index in [4.69, 9.17) is 5.73 Å². The highest BCUT2D eigenvalue weighted by Crippen LogP contribution is 2.15. The summed E-state index contributed by atoms with van der Waals surface area (Å²) in [4.78, 5) is 5.39. The first kappa shape index (κ1) is 25.0. The third kappa shape index (κ3) is 17.9. The Balaban J connectivity index is 0. The molecule has 0 fully saturated rings. The number of guanidine groups is 1. The predicted molar refractivity (Wildman–Crippen MR) is 101 cm³/mol. The summed E-state index contributed by atoms with van der Waals surface area (Å²) in [5.41, 5.74) is 5.77. The van der Waals surface area contributed by atoms with Crippen LogP contribution in [-0.4, -0.2) is 49.8 Å². The minimum atomic E-state index is -4.15. The van der Waals surface area contributed by atoms with Crippen LogP contribution in [0.2, 0.25) is 0 Å². The topological polar surface area (TPSA) is 53.6 Å². The maximum absolute atomic E-state index is 12.1. The molecule has 0 saturated carbocycles. The Labute approximate surface area is 155 Å². The van der Waals surface area contributed by atoms with Crippen LogP contribution in [-0.2, 0) is 0 Å². The van der Waals surface area contributed by atoms with E-state index in [-0.39, 0.29) is 30.0 Å². The molecule has 0 aliphatic rings. The lowest BCUT2D eigenvalue weighted by molar-refractivity contribution is -0.143. The molecule has 0 aromatic rings. The predicted octanol–water partition coefficient (Wildman–Crippen LogP) is 3.61. The standard InChI is InChI=1S/C15H31F3N4.HI/c1-12(2)7-5-8-13(3)21-14(19)20-9-6-10-22(4)11-15(16,17)18;/h12-13H,5-11H2,1-4H3,(H3,19,20,21);1H. The van der Waals surface area contributed by atoms with E-state index in [0.29, 0.717) is 31.4 Å². The lowest BCUT2D eigenvalue weighted by Gasteiger charge is -2.18. The van der Waals surface area contributed by atoms with Gasteiger partial charge in [-0.2, -0.15) is 13.2 Å². The molecule has 0 amide bonds. The number of alkyl halides is 3. The number of aliphatic imine (C=N–C) groups is 1. The Morgan fingerprint density at radius 1 is 1.17 bits per heavy atom. The third-order valence-corrected chi connectivity index (χ3v) is 3.24. The maximum Gasteiger partial charge on any atom is 0.401 e. The van der Waals surface area contributed by atoms with Crippen molar-refractivity contribution in [3.8, 4) is 0 Å². The Kier molecular flexibility index (Phi) is 14.2. The van der Waals surface area contributed by atoms with Gasteiger partial charge in [0.25, 0.3) is 0 Å². The summed E-state index contributed by atoms with van der Waals surface area (Å²) in [6.07, 6.45) is -0.237. The lowest BCUT2D eigenvalue weighted by atomic mass is 10.0. The molecular formula is C15H32F3IN4. The number of halogens is 4. The first-order valence-electron chi connectivity index (χ1n) is 7.92. The van der Waals surface area contributed by atoms with Gasteiger partial charge in [0.2, 0.25) is 0 Å². The van der Waals surface area contributed by atoms with E-state index in [1.807, 2.05) is 0 Å². The van der Waals surface area contributed by atoms with E-state index < -0.39 is 12.7 Å². The molecule has 3 N–H and O–H groups in total. The van der Waals surface area contributed by atoms with E-state index in [9.17, 15) is 13.2 Å². The molecule has 140 valence electrons. The summed E-state index contributed by atoms with van der Waals surface area (Å²) < 4.78 is 36.4. The molecule has 0 spiro atoms. The van der Waals surface area contributed by atoms with Crippen LogP contribution in [0.25, 0.3) is 0 Å². The van der Waals surface area contributed by atoms with Crippen molar-refractivity contribution in [3.05, 3.63) is 0 Å². The van der Waals surface area contributed by atoms with E-state index in [2.05, 4.69) is 31.1 Å². The van der Waals surface area contributed by atoms with Gasteiger partial charge in [0, 0.05) is 12.6 Å². The molecule has 1 atom stereocenters. The van der Waals surface area contributed by atoms with Gasteiger partial charge in [-0.25, -0.2) is 0 Å². The summed E-state index contributed by atoms with van der Waals surface area (Å²) in [6.45, 7) is 6.34. The average molecular weight is 452 g/mol. The van der Waals surface area contributed by atoms with Crippen molar-refractivity contribution in [2.24, 2.45) is 16.6 Å². The Morgan fingerprint density at radius 3 is 2.30 bits per heavy atom. The highest BCUT2D eigenvalue weighted by molar-refractivity contribution is 14.0. The van der Waals surface area contributed by atoms with Crippen LogP contribution in [0.15, 0.2) is 4.99 Å². The fourth-order valence-electron chi connectivity index (χ4n) is 2.13. The van der Waals surface area contributed by atoms with Gasteiger partial charge in [-0.05, 0) is 39.3 Å². The van der Waals surface area contributed by atoms with Crippen molar-refractivity contribution >= 4 is 29.9 Å². The molecule has 0 aromatic heterocycles. The smallest absolute Gasteiger partial charge is 0.370 e. The summed E-state index contributed by atoms with van der Waals surface area (Å²) in [6, 6.07) is 0.260. The van der Waals surface area contributed by atoms with Crippen LogP contribution >= 0.6 is 24.0 Å². The SMILES string of the molecule is CC(C)CCCC(C)NC(N)=NCCCN(C)CC(F)(F)F.I. The molecule has 0 aliphatic carbocycles. The first-order chi connectivity index (χ1) is 10.1. The van der Waals surface area contributed by atoms with Crippen molar-refractivity contribution in [2.45, 2.75) is 58.7 Å². The van der Waals surface area contributed by atoms with Crippen molar-refractivity contribution < 1.29 is 13.2 Å². The second-order valence-corrected chi connectivity index (χ2v) is 6.34. The Hall–Kier alpha value is -0.250. The molecule has 1 unspecified atom stereocenters. The fraction of sp³-hybridized carbons (Fsp3) is 0.933. The minimum Gasteiger partial charge on any atom is -0.370 e. The van der Waals surface area contributed by atoms with Crippen LogP contribution in [0.1, 0.15) is 46.5 Å². The lowest BCUT2D eigenvalue weighted by Crippen LogP contribution is -2.38. The molecule has 0 heterocycles. The van der Waals surface area contributed by atoms with Gasteiger partial charge in [-0.1, -0.05) is 26.7 Å². The molecule has 0 radical (unpaired) electrons. The minimum absolute atomic E-state index is 0. The second kappa shape index (κ2) is 13.1. The zero-order valence-electron chi connectivity index (χ0n) is 14.6. The molecular weight excluding hydrogens is 420 g/mol. The van der Waals surface area contributed by atoms with Gasteiger partial charge >= 0.3 is 6.18 Å². The number of rotatable bonds is 10. The quantitative estimate of drug-likeness (QED) is 0.231. The normalized spacial score (nSPS) is 14.0. The largest absolute Gasteiger partial charge is 0.401 e. The molecule has 0 saturated heterocycles. The summed E-state index contributed by atoms with van der Waals surface area (Å²) in [7, 11) is 1.45. The Morgan fingerprint density at radius 2 is 1.78 bits per heavy atom. The van der Waals surface area contributed by atoms with E-state index in [1.54, 1.807) is 0 Å². The number of hydrogen-bond donors (Lipinski definition) is 2. The zero-order chi connectivity index (χ0) is 17.2. The van der Waals surface area contributed by atoms with Crippen LogP contribution in [0.3, 0.4) is 0 Å². The maximum atomic E-state index is 12.1. The van der Waals surface area contributed by atoms with Gasteiger partial charge in [-0.3, -0.25) is 9.89 Å². The monoisotopic (exact) mass is 452 g/mol. The second-order valence-electron chi connectivity index (χ2n) is 6.34. The number of hydrogen-bond acceptors (Lipinski definition) is 2. The number of nitrogens with one attached hydrogen (secondary N) is 1. The first-order valence-corrected chi connectivity index (χ1v) is 7.92. The van der Waals surface area contributed by atoms with Gasteiger partial charge in [-0.15, -0.1) is 24.0 Å². The van der Waals surface area contributed by atoms with E-state index in [1.165, 1.54) is 18.4 Å². The van der Waals surface area contributed by atoms with Gasteiger partial charge < -0.3 is 11.1 Å². The van der Waals surface area contributed by atoms with Gasteiger partial charge in [0.15, 0.2) is 5.96 Å². The number of nitrogens with two attached hydrogens (primary N) is 1. The highest BCUT2D eigenvalue weighted by atomic mass is 127. The molecule has 0 bridgehead atoms. The van der Waals surface area contributed by atoms with Crippen LogP contribution in [0, 0.1) is 5.92 Å². The fourth-order valence-corrected chi connectivity index (χ4v) is 2.13. The molecule has 23 heavy (non-hydrogen) atoms. The average Bonchev–Trinajstić information content (AvgIpc) is 2.31. The molecule has 0 aromatic carbocycles.